The van der Waals surface area contributed by atoms with Crippen molar-refractivity contribution in [3.63, 3.8) is 0 Å². The van der Waals surface area contributed by atoms with Crippen molar-refractivity contribution >= 4 is 6.09 Å². The maximum Gasteiger partial charge on any atom is 0.405 e. The van der Waals surface area contributed by atoms with Gasteiger partial charge >= 0.3 is 6.09 Å². The first kappa shape index (κ1) is 18.0. The van der Waals surface area contributed by atoms with E-state index in [-0.39, 0.29) is 6.04 Å². The standard InChI is InChI=1S/C19H27N3O2/c1-19(2,3)12-8-7-11-15(22-18(23)24)17-20-13-16(21-17)14-9-5-4-6-10-14/h4-6,9-10,13,15,22H,7-8,11-12H2,1-3H3,(H,20,21)(H,23,24)/t15-/m1/s1. The molecule has 0 fully saturated rings. The van der Waals surface area contributed by atoms with Crippen LogP contribution in [0.5, 0.6) is 0 Å². The minimum absolute atomic E-state index is 0.306. The van der Waals surface area contributed by atoms with E-state index >= 15 is 0 Å². The summed E-state index contributed by atoms with van der Waals surface area (Å²) < 4.78 is 0. The summed E-state index contributed by atoms with van der Waals surface area (Å²) in [6.07, 6.45) is 4.64. The van der Waals surface area contributed by atoms with Gasteiger partial charge < -0.3 is 15.4 Å². The summed E-state index contributed by atoms with van der Waals surface area (Å²) in [4.78, 5) is 18.7. The Balaban J connectivity index is 2.02. The van der Waals surface area contributed by atoms with E-state index in [1.165, 1.54) is 0 Å². The molecule has 1 aromatic carbocycles. The molecule has 1 heterocycles. The van der Waals surface area contributed by atoms with Crippen molar-refractivity contribution < 1.29 is 9.90 Å². The lowest BCUT2D eigenvalue weighted by atomic mass is 9.89. The number of amides is 1. The van der Waals surface area contributed by atoms with Gasteiger partial charge in [0, 0.05) is 0 Å². The fraction of sp³-hybridized carbons (Fsp3) is 0.474. The summed E-state index contributed by atoms with van der Waals surface area (Å²) in [6, 6.07) is 9.59. The molecule has 2 rings (SSSR count). The molecule has 0 aliphatic rings. The van der Waals surface area contributed by atoms with E-state index in [4.69, 9.17) is 5.11 Å². The van der Waals surface area contributed by atoms with Crippen molar-refractivity contribution in [2.75, 3.05) is 0 Å². The highest BCUT2D eigenvalue weighted by Crippen LogP contribution is 2.25. The van der Waals surface area contributed by atoms with Gasteiger partial charge in [-0.3, -0.25) is 0 Å². The lowest BCUT2D eigenvalue weighted by Gasteiger charge is -2.19. The van der Waals surface area contributed by atoms with Gasteiger partial charge in [0.2, 0.25) is 0 Å². The van der Waals surface area contributed by atoms with Gasteiger partial charge in [-0.2, -0.15) is 0 Å². The van der Waals surface area contributed by atoms with Crippen LogP contribution >= 0.6 is 0 Å². The molecule has 0 aliphatic heterocycles. The predicted octanol–water partition coefficient (Wildman–Crippen LogP) is 4.99. The molecule has 5 heteroatoms. The monoisotopic (exact) mass is 329 g/mol. The van der Waals surface area contributed by atoms with E-state index in [0.717, 1.165) is 36.9 Å². The van der Waals surface area contributed by atoms with Crippen LogP contribution in [-0.4, -0.2) is 21.2 Å². The number of H-pyrrole nitrogens is 1. The van der Waals surface area contributed by atoms with Gasteiger partial charge in [0.15, 0.2) is 0 Å². The number of hydrogen-bond donors (Lipinski definition) is 3. The third kappa shape index (κ3) is 5.72. The number of imidazole rings is 1. The minimum atomic E-state index is -1.02. The van der Waals surface area contributed by atoms with Crippen LogP contribution in [-0.2, 0) is 0 Å². The molecule has 0 unspecified atom stereocenters. The number of nitrogens with zero attached hydrogens (tertiary/aromatic N) is 1. The molecule has 0 radical (unpaired) electrons. The molecule has 0 spiro atoms. The third-order valence-electron chi connectivity index (χ3n) is 3.98. The van der Waals surface area contributed by atoms with Gasteiger partial charge in [0.05, 0.1) is 17.9 Å². The number of aromatic nitrogens is 2. The normalized spacial score (nSPS) is 12.8. The van der Waals surface area contributed by atoms with Gasteiger partial charge in [-0.05, 0) is 23.8 Å². The Labute approximate surface area is 143 Å². The molecule has 24 heavy (non-hydrogen) atoms. The fourth-order valence-corrected chi connectivity index (χ4v) is 2.71. The Morgan fingerprint density at radius 2 is 1.96 bits per heavy atom. The van der Waals surface area contributed by atoms with Crippen LogP contribution in [0.25, 0.3) is 11.3 Å². The second-order valence-corrected chi connectivity index (χ2v) is 7.36. The van der Waals surface area contributed by atoms with Gasteiger partial charge in [0.25, 0.3) is 0 Å². The Morgan fingerprint density at radius 3 is 2.58 bits per heavy atom. The molecule has 130 valence electrons. The molecule has 1 amide bonds. The Bertz CT molecular complexity index is 644. The average molecular weight is 329 g/mol. The first-order chi connectivity index (χ1) is 11.3. The molecular weight excluding hydrogens is 302 g/mol. The molecule has 2 aromatic rings. The van der Waals surface area contributed by atoms with E-state index in [1.54, 1.807) is 6.20 Å². The first-order valence-corrected chi connectivity index (χ1v) is 8.45. The van der Waals surface area contributed by atoms with E-state index in [2.05, 4.69) is 36.1 Å². The van der Waals surface area contributed by atoms with E-state index < -0.39 is 6.09 Å². The van der Waals surface area contributed by atoms with Crippen molar-refractivity contribution in [3.8, 4) is 11.3 Å². The highest BCUT2D eigenvalue weighted by atomic mass is 16.4. The number of unbranched alkanes of at least 4 members (excludes halogenated alkanes) is 1. The lowest BCUT2D eigenvalue weighted by molar-refractivity contribution is 0.188. The summed E-state index contributed by atoms with van der Waals surface area (Å²) in [6.45, 7) is 6.66. The molecular formula is C19H27N3O2. The quantitative estimate of drug-likeness (QED) is 0.626. The molecule has 0 bridgehead atoms. The molecule has 0 saturated heterocycles. The number of hydrogen-bond acceptors (Lipinski definition) is 2. The number of benzene rings is 1. The molecule has 0 saturated carbocycles. The van der Waals surface area contributed by atoms with Crippen LogP contribution in [0.15, 0.2) is 36.5 Å². The maximum atomic E-state index is 11.1. The summed E-state index contributed by atoms with van der Waals surface area (Å²) in [5.74, 6) is 0.673. The minimum Gasteiger partial charge on any atom is -0.465 e. The summed E-state index contributed by atoms with van der Waals surface area (Å²) >= 11 is 0. The number of aromatic amines is 1. The Kier molecular flexibility index (Phi) is 6.01. The maximum absolute atomic E-state index is 11.1. The van der Waals surface area contributed by atoms with Crippen molar-refractivity contribution in [2.45, 2.75) is 52.5 Å². The zero-order chi connectivity index (χ0) is 17.6. The highest BCUT2D eigenvalue weighted by molar-refractivity contribution is 5.65. The first-order valence-electron chi connectivity index (χ1n) is 8.45. The second-order valence-electron chi connectivity index (χ2n) is 7.36. The molecule has 5 nitrogen and oxygen atoms in total. The summed E-state index contributed by atoms with van der Waals surface area (Å²) in [5.41, 5.74) is 2.25. The van der Waals surface area contributed by atoms with Crippen LogP contribution < -0.4 is 5.32 Å². The van der Waals surface area contributed by atoms with E-state index in [1.807, 2.05) is 30.3 Å². The van der Waals surface area contributed by atoms with Gasteiger partial charge in [-0.25, -0.2) is 9.78 Å². The third-order valence-corrected chi connectivity index (χ3v) is 3.98. The van der Waals surface area contributed by atoms with Crippen LogP contribution in [0, 0.1) is 5.41 Å². The van der Waals surface area contributed by atoms with Gasteiger partial charge in [-0.1, -0.05) is 63.9 Å². The lowest BCUT2D eigenvalue weighted by Crippen LogP contribution is -2.27. The molecule has 3 N–H and O–H groups in total. The van der Waals surface area contributed by atoms with Crippen LogP contribution in [0.1, 0.15) is 58.3 Å². The van der Waals surface area contributed by atoms with Crippen LogP contribution in [0.3, 0.4) is 0 Å². The van der Waals surface area contributed by atoms with E-state index in [0.29, 0.717) is 11.2 Å². The smallest absolute Gasteiger partial charge is 0.405 e. The van der Waals surface area contributed by atoms with Crippen LogP contribution in [0.4, 0.5) is 4.79 Å². The SMILES string of the molecule is CC(C)(C)CCCC[C@@H](NC(=O)O)c1ncc(-c2ccccc2)[nH]1. The zero-order valence-electron chi connectivity index (χ0n) is 14.7. The second kappa shape index (κ2) is 7.99. The predicted molar refractivity (Wildman–Crippen MR) is 95.8 cm³/mol. The molecule has 1 aromatic heterocycles. The summed E-state index contributed by atoms with van der Waals surface area (Å²) in [5, 5.41) is 11.7. The number of carbonyl (C=O) groups is 1. The largest absolute Gasteiger partial charge is 0.465 e. The van der Waals surface area contributed by atoms with E-state index in [9.17, 15) is 4.79 Å². The average Bonchev–Trinajstić information content (AvgIpc) is 3.00. The van der Waals surface area contributed by atoms with Crippen molar-refractivity contribution in [1.82, 2.24) is 15.3 Å². The van der Waals surface area contributed by atoms with Crippen molar-refractivity contribution in [3.05, 3.63) is 42.4 Å². The van der Waals surface area contributed by atoms with Gasteiger partial charge in [-0.15, -0.1) is 0 Å². The van der Waals surface area contributed by atoms with Crippen molar-refractivity contribution in [1.29, 1.82) is 0 Å². The topological polar surface area (TPSA) is 78.0 Å². The molecule has 1 atom stereocenters. The number of carboxylic acid groups (broad SMARTS) is 1. The Morgan fingerprint density at radius 1 is 1.25 bits per heavy atom. The highest BCUT2D eigenvalue weighted by Gasteiger charge is 2.18. The fourth-order valence-electron chi connectivity index (χ4n) is 2.71. The van der Waals surface area contributed by atoms with Crippen LogP contribution in [0.2, 0.25) is 0 Å². The zero-order valence-corrected chi connectivity index (χ0v) is 14.7. The number of rotatable bonds is 7. The molecule has 0 aliphatic carbocycles. The van der Waals surface area contributed by atoms with Crippen molar-refractivity contribution in [2.24, 2.45) is 5.41 Å². The number of nitrogens with one attached hydrogen (secondary N) is 2. The Hall–Kier alpha value is -2.30. The van der Waals surface area contributed by atoms with Gasteiger partial charge in [0.1, 0.15) is 5.82 Å². The summed E-state index contributed by atoms with van der Waals surface area (Å²) in [7, 11) is 0.